The number of ether oxygens (including phenoxy) is 2. The van der Waals surface area contributed by atoms with Gasteiger partial charge in [-0.1, -0.05) is 37.2 Å². The van der Waals surface area contributed by atoms with Crippen LogP contribution in [-0.2, 0) is 23.9 Å². The summed E-state index contributed by atoms with van der Waals surface area (Å²) in [6.07, 6.45) is -0.751. The van der Waals surface area contributed by atoms with Gasteiger partial charge in [0.05, 0.1) is 40.6 Å². The monoisotopic (exact) mass is 668 g/mol. The quantitative estimate of drug-likeness (QED) is 0.328. The number of hydrogen-bond acceptors (Lipinski definition) is 10. The molecule has 0 unspecified atom stereocenters. The zero-order valence-electron chi connectivity index (χ0n) is 24.3. The highest BCUT2D eigenvalue weighted by Crippen LogP contribution is 2.30. The molecule has 1 aromatic heterocycles. The molecule has 0 aliphatic carbocycles. The van der Waals surface area contributed by atoms with Crippen LogP contribution in [0.5, 0.6) is 0 Å². The number of halogens is 2. The number of benzene rings is 1. The van der Waals surface area contributed by atoms with Gasteiger partial charge in [0, 0.05) is 24.4 Å². The van der Waals surface area contributed by atoms with Gasteiger partial charge in [-0.15, -0.1) is 11.3 Å². The lowest BCUT2D eigenvalue weighted by molar-refractivity contribution is -0.129. The topological polar surface area (TPSA) is 140 Å². The number of nitrogens with zero attached hydrogens (tertiary/aromatic N) is 3. The molecule has 2 aromatic rings. The van der Waals surface area contributed by atoms with E-state index in [0.29, 0.717) is 35.2 Å². The van der Waals surface area contributed by atoms with Crippen molar-refractivity contribution in [2.24, 2.45) is 11.7 Å². The minimum absolute atomic E-state index is 0.0244. The molecule has 44 heavy (non-hydrogen) atoms. The lowest BCUT2D eigenvalue weighted by Crippen LogP contribution is -2.43. The molecular formula is C29H34ClFN4O7S2. The van der Waals surface area contributed by atoms with E-state index in [9.17, 15) is 24.0 Å². The predicted octanol–water partition coefficient (Wildman–Crippen LogP) is 4.31. The molecule has 2 fully saturated rings. The van der Waals surface area contributed by atoms with Crippen LogP contribution in [0.15, 0.2) is 30.3 Å². The van der Waals surface area contributed by atoms with E-state index < -0.39 is 35.9 Å². The highest BCUT2D eigenvalue weighted by molar-refractivity contribution is 8.13. The number of amides is 4. The van der Waals surface area contributed by atoms with Gasteiger partial charge in [-0.2, -0.15) is 0 Å². The third-order valence-electron chi connectivity index (χ3n) is 7.13. The first-order chi connectivity index (χ1) is 21.0. The number of anilines is 2. The zero-order chi connectivity index (χ0) is 32.0. The molecule has 4 rings (SSSR count). The second-order valence-electron chi connectivity index (χ2n) is 10.7. The number of morpholine rings is 1. The standard InChI is InChI=1S/C29H34ClFN4O7S2/c1-17(2)26(32)28(39)43-12-4-3-5-24(36)35(27(38)22-8-9-23(30)44-22)15-19-14-34(29(40)42-19)21-7-6-18(13-20(21)31)33-10-11-41-16-25(33)37/h6-9,13,17,19,26H,3-5,10-12,14-16,32H2,1-2H3/t19-,26+/m1/s1. The number of thiophene rings is 1. The first-order valence-electron chi connectivity index (χ1n) is 14.1. The number of unbranched alkanes of at least 4 members (excludes halogenated alkanes) is 1. The SMILES string of the molecule is CC(C)[C@H](N)C(=O)SCCCCC(=O)N(C[C@H]1CN(c2ccc(N3CCOCC3=O)cc2F)C(=O)O1)C(=O)c1ccc(Cl)s1. The Balaban J connectivity index is 1.40. The molecule has 0 spiro atoms. The summed E-state index contributed by atoms with van der Waals surface area (Å²) in [5.41, 5.74) is 6.17. The van der Waals surface area contributed by atoms with Crippen molar-refractivity contribution >= 4 is 75.0 Å². The van der Waals surface area contributed by atoms with Gasteiger partial charge in [0.25, 0.3) is 11.8 Å². The molecule has 2 N–H and O–H groups in total. The fourth-order valence-corrected chi connectivity index (χ4v) is 6.61. The number of carbonyl (C=O) groups is 5. The first-order valence-corrected chi connectivity index (χ1v) is 16.3. The Morgan fingerprint density at radius 2 is 1.95 bits per heavy atom. The van der Waals surface area contributed by atoms with Crippen molar-refractivity contribution in [3.63, 3.8) is 0 Å². The van der Waals surface area contributed by atoms with Crippen LogP contribution in [0.3, 0.4) is 0 Å². The van der Waals surface area contributed by atoms with Gasteiger partial charge >= 0.3 is 6.09 Å². The van der Waals surface area contributed by atoms with Crippen LogP contribution in [0.1, 0.15) is 42.8 Å². The Hall–Kier alpha value is -3.04. The Bertz CT molecular complexity index is 1410. The summed E-state index contributed by atoms with van der Waals surface area (Å²) in [6.45, 7) is 3.90. The zero-order valence-corrected chi connectivity index (χ0v) is 26.7. The third kappa shape index (κ3) is 8.36. The van der Waals surface area contributed by atoms with E-state index in [4.69, 9.17) is 26.8 Å². The maximum Gasteiger partial charge on any atom is 0.414 e. The van der Waals surface area contributed by atoms with E-state index in [2.05, 4.69) is 0 Å². The smallest absolute Gasteiger partial charge is 0.414 e. The van der Waals surface area contributed by atoms with Crippen LogP contribution in [0, 0.1) is 11.7 Å². The maximum absolute atomic E-state index is 15.2. The Kier molecular flexibility index (Phi) is 11.8. The molecule has 238 valence electrons. The van der Waals surface area contributed by atoms with E-state index in [-0.39, 0.29) is 60.2 Å². The summed E-state index contributed by atoms with van der Waals surface area (Å²) >= 11 is 8.16. The van der Waals surface area contributed by atoms with Crippen LogP contribution >= 0.6 is 34.7 Å². The van der Waals surface area contributed by atoms with Gasteiger partial charge in [-0.3, -0.25) is 29.0 Å². The number of nitrogens with two attached hydrogens (primary N) is 1. The number of cyclic esters (lactones) is 1. The maximum atomic E-state index is 15.2. The lowest BCUT2D eigenvalue weighted by Gasteiger charge is -2.27. The summed E-state index contributed by atoms with van der Waals surface area (Å²) in [6, 6.07) is 6.59. The molecule has 2 saturated heterocycles. The highest BCUT2D eigenvalue weighted by atomic mass is 35.5. The molecule has 2 atom stereocenters. The van der Waals surface area contributed by atoms with Crippen LogP contribution in [0.4, 0.5) is 20.6 Å². The van der Waals surface area contributed by atoms with Gasteiger partial charge < -0.3 is 20.1 Å². The molecule has 2 aliphatic heterocycles. The van der Waals surface area contributed by atoms with E-state index in [0.717, 1.165) is 32.9 Å². The van der Waals surface area contributed by atoms with E-state index in [1.54, 1.807) is 6.07 Å². The second-order valence-corrected chi connectivity index (χ2v) is 13.5. The third-order valence-corrected chi connectivity index (χ3v) is 9.40. The lowest BCUT2D eigenvalue weighted by atomic mass is 10.1. The van der Waals surface area contributed by atoms with Crippen LogP contribution in [0.25, 0.3) is 0 Å². The molecular weight excluding hydrogens is 635 g/mol. The van der Waals surface area contributed by atoms with Gasteiger partial charge in [0.1, 0.15) is 18.5 Å². The molecule has 0 bridgehead atoms. The predicted molar refractivity (Wildman–Crippen MR) is 167 cm³/mol. The highest BCUT2D eigenvalue weighted by Gasteiger charge is 2.38. The summed E-state index contributed by atoms with van der Waals surface area (Å²) in [7, 11) is 0. The van der Waals surface area contributed by atoms with E-state index in [1.807, 2.05) is 13.8 Å². The van der Waals surface area contributed by atoms with E-state index >= 15 is 4.39 Å². The average Bonchev–Trinajstić information content (AvgIpc) is 3.59. The molecule has 2 aliphatic rings. The average molecular weight is 669 g/mol. The molecule has 0 radical (unpaired) electrons. The van der Waals surface area contributed by atoms with Gasteiger partial charge in [-0.05, 0) is 49.1 Å². The van der Waals surface area contributed by atoms with Crippen molar-refractivity contribution in [1.29, 1.82) is 0 Å². The number of carbonyl (C=O) groups excluding carboxylic acids is 5. The van der Waals surface area contributed by atoms with Gasteiger partial charge in [0.2, 0.25) is 11.0 Å². The van der Waals surface area contributed by atoms with Crippen molar-refractivity contribution in [3.8, 4) is 0 Å². The minimum Gasteiger partial charge on any atom is -0.442 e. The molecule has 4 amide bonds. The second kappa shape index (κ2) is 15.3. The fraction of sp³-hybridized carbons (Fsp3) is 0.483. The van der Waals surface area contributed by atoms with Gasteiger partial charge in [-0.25, -0.2) is 9.18 Å². The number of thioether (sulfide) groups is 1. The Labute approximate surface area is 267 Å². The van der Waals surface area contributed by atoms with E-state index in [1.165, 1.54) is 29.2 Å². The summed E-state index contributed by atoms with van der Waals surface area (Å²) < 4.78 is 26.1. The van der Waals surface area contributed by atoms with Crippen LogP contribution in [-0.4, -0.2) is 84.6 Å². The Morgan fingerprint density at radius 1 is 1.18 bits per heavy atom. The summed E-state index contributed by atoms with van der Waals surface area (Å²) in [4.78, 5) is 67.4. The fourth-order valence-electron chi connectivity index (χ4n) is 4.61. The summed E-state index contributed by atoms with van der Waals surface area (Å²) in [5, 5.41) is -0.106. The van der Waals surface area contributed by atoms with Crippen molar-refractivity contribution in [3.05, 3.63) is 45.4 Å². The van der Waals surface area contributed by atoms with Crippen molar-refractivity contribution in [2.45, 2.75) is 45.3 Å². The van der Waals surface area contributed by atoms with Gasteiger partial charge in [0.15, 0.2) is 0 Å². The molecule has 0 saturated carbocycles. The van der Waals surface area contributed by atoms with Crippen molar-refractivity contribution < 1.29 is 37.8 Å². The number of hydrogen-bond donors (Lipinski definition) is 1. The minimum atomic E-state index is -0.920. The number of rotatable bonds is 12. The normalized spacial score (nSPS) is 17.6. The largest absolute Gasteiger partial charge is 0.442 e. The van der Waals surface area contributed by atoms with Crippen molar-refractivity contribution in [1.82, 2.24) is 4.90 Å². The molecule has 15 heteroatoms. The Morgan fingerprint density at radius 3 is 2.61 bits per heavy atom. The summed E-state index contributed by atoms with van der Waals surface area (Å²) in [5.74, 6) is -1.58. The van der Waals surface area contributed by atoms with Crippen LogP contribution < -0.4 is 15.5 Å². The molecule has 11 nitrogen and oxygen atoms in total. The van der Waals surface area contributed by atoms with Crippen molar-refractivity contribution in [2.75, 3.05) is 48.4 Å². The molecule has 3 heterocycles. The first kappa shape index (κ1) is 33.8. The number of imide groups is 1. The van der Waals surface area contributed by atoms with Crippen LogP contribution in [0.2, 0.25) is 4.34 Å². The molecule has 1 aromatic carbocycles.